The molecule has 0 aliphatic carbocycles. The van der Waals surface area contributed by atoms with Gasteiger partial charge in [-0.05, 0) is 6.42 Å². The van der Waals surface area contributed by atoms with Gasteiger partial charge in [-0.15, -0.1) is 0 Å². The molecule has 0 rings (SSSR count). The Morgan fingerprint density at radius 3 is 0.725 bits per heavy atom. The first-order valence-electron chi connectivity index (χ1n) is 19.4. The van der Waals surface area contributed by atoms with Crippen LogP contribution < -0.4 is 0 Å². The van der Waals surface area contributed by atoms with E-state index in [0.717, 1.165) is 13.0 Å². The Morgan fingerprint density at radius 1 is 0.294 bits per heavy atom. The minimum atomic E-state index is -4.67. The van der Waals surface area contributed by atoms with Crippen LogP contribution in [0, 0.1) is 0 Å². The Kier molecular flexibility index (Phi) is 43.4. The second kappa shape index (κ2) is 43.9. The minimum absolute atomic E-state index is 0.00503. The average Bonchev–Trinajstić information content (AvgIpc) is 3.11. The molecule has 0 saturated carbocycles. The highest BCUT2D eigenvalue weighted by Crippen LogP contribution is 2.13. The van der Waals surface area contributed by atoms with Gasteiger partial charge in [0.05, 0.1) is 132 Å². The average molecular weight is 762 g/mol. The molecule has 0 radical (unpaired) electrons. The topological polar surface area (TPSA) is 159 Å². The molecule has 0 aliphatic heterocycles. The van der Waals surface area contributed by atoms with E-state index < -0.39 is 10.4 Å². The van der Waals surface area contributed by atoms with Crippen molar-refractivity contribution in [3.05, 3.63) is 0 Å². The fourth-order valence-electron chi connectivity index (χ4n) is 4.67. The van der Waals surface area contributed by atoms with Crippen LogP contribution in [0.3, 0.4) is 0 Å². The normalized spacial score (nSPS) is 12.0. The highest BCUT2D eigenvalue weighted by molar-refractivity contribution is 7.80. The zero-order chi connectivity index (χ0) is 37.0. The maximum absolute atomic E-state index is 10.2. The molecule has 0 amide bonds. The largest absolute Gasteiger partial charge is 0.726 e. The molecule has 0 aliphatic rings. The van der Waals surface area contributed by atoms with Crippen molar-refractivity contribution in [3.8, 4) is 0 Å². The zero-order valence-electron chi connectivity index (χ0n) is 31.9. The van der Waals surface area contributed by atoms with Gasteiger partial charge < -0.3 is 51.9 Å². The van der Waals surface area contributed by atoms with Crippen LogP contribution in [0.25, 0.3) is 0 Å². The standard InChI is InChI=1S/C36H74O14S/c1-2-3-4-5-6-7-8-9-10-11-12-13-14-15-16-40-17-18-41-19-20-42-21-22-43-23-24-44-25-26-45-27-28-46-29-30-47-31-32-48-33-34-49-35-36-50-51(37,38)39/h2-36H2,1H3,(H,37,38,39)/p-1. The van der Waals surface area contributed by atoms with Gasteiger partial charge in [0, 0.05) is 6.61 Å². The maximum Gasteiger partial charge on any atom is 0.217 e. The molecular formula is C36H73O14S-. The summed E-state index contributed by atoms with van der Waals surface area (Å²) in [6.45, 7) is 11.4. The first-order valence-corrected chi connectivity index (χ1v) is 20.8. The molecular weight excluding hydrogens is 688 g/mol. The third-order valence-corrected chi connectivity index (χ3v) is 7.90. The Balaban J connectivity index is 3.06. The van der Waals surface area contributed by atoms with Crippen molar-refractivity contribution in [1.29, 1.82) is 0 Å². The van der Waals surface area contributed by atoms with Crippen LogP contribution in [-0.4, -0.2) is 152 Å². The van der Waals surface area contributed by atoms with E-state index in [0.29, 0.717) is 112 Å². The van der Waals surface area contributed by atoms with E-state index in [4.69, 9.17) is 47.4 Å². The second-order valence-corrected chi connectivity index (χ2v) is 13.0. The van der Waals surface area contributed by atoms with Gasteiger partial charge >= 0.3 is 0 Å². The molecule has 0 atom stereocenters. The van der Waals surface area contributed by atoms with Gasteiger partial charge in [-0.3, -0.25) is 4.18 Å². The SMILES string of the molecule is CCCCCCCCCCCCCCCCOCCOCCOCCOCCOCCOCCOCCOCCOCCOCCOS(=O)(=O)[O-]. The van der Waals surface area contributed by atoms with Crippen LogP contribution in [0.2, 0.25) is 0 Å². The predicted molar refractivity (Wildman–Crippen MR) is 194 cm³/mol. The van der Waals surface area contributed by atoms with Gasteiger partial charge in [0.2, 0.25) is 10.4 Å². The quantitative estimate of drug-likeness (QED) is 0.0458. The summed E-state index contributed by atoms with van der Waals surface area (Å²) in [5.41, 5.74) is 0. The van der Waals surface area contributed by atoms with E-state index in [1.54, 1.807) is 0 Å². The van der Waals surface area contributed by atoms with Crippen LogP contribution in [-0.2, 0) is 62.0 Å². The lowest BCUT2D eigenvalue weighted by molar-refractivity contribution is -0.0267. The first kappa shape index (κ1) is 50.5. The zero-order valence-corrected chi connectivity index (χ0v) is 32.7. The summed E-state index contributed by atoms with van der Waals surface area (Å²) in [6.07, 6.45) is 19.2. The summed E-state index contributed by atoms with van der Waals surface area (Å²) >= 11 is 0. The van der Waals surface area contributed by atoms with Gasteiger partial charge in [0.15, 0.2) is 0 Å². The van der Waals surface area contributed by atoms with Crippen molar-refractivity contribution in [2.45, 2.75) is 96.8 Å². The van der Waals surface area contributed by atoms with Crippen molar-refractivity contribution in [3.63, 3.8) is 0 Å². The number of unbranched alkanes of at least 4 members (excludes halogenated alkanes) is 13. The number of hydrogen-bond donors (Lipinski definition) is 0. The highest BCUT2D eigenvalue weighted by atomic mass is 32.3. The van der Waals surface area contributed by atoms with E-state index in [9.17, 15) is 13.0 Å². The van der Waals surface area contributed by atoms with Crippen LogP contribution >= 0.6 is 0 Å². The van der Waals surface area contributed by atoms with Crippen molar-refractivity contribution in [2.75, 3.05) is 139 Å². The van der Waals surface area contributed by atoms with E-state index >= 15 is 0 Å². The summed E-state index contributed by atoms with van der Waals surface area (Å²) in [5.74, 6) is 0. The van der Waals surface area contributed by atoms with Crippen molar-refractivity contribution < 1.29 is 64.5 Å². The number of ether oxygens (including phenoxy) is 10. The van der Waals surface area contributed by atoms with E-state index in [2.05, 4.69) is 11.1 Å². The van der Waals surface area contributed by atoms with Crippen LogP contribution in [0.15, 0.2) is 0 Å². The Morgan fingerprint density at radius 2 is 0.490 bits per heavy atom. The monoisotopic (exact) mass is 761 g/mol. The molecule has 0 bridgehead atoms. The van der Waals surface area contributed by atoms with Crippen molar-refractivity contribution >= 4 is 10.4 Å². The summed E-state index contributed by atoms with van der Waals surface area (Å²) in [5, 5.41) is 0. The summed E-state index contributed by atoms with van der Waals surface area (Å²) < 4.78 is 89.1. The minimum Gasteiger partial charge on any atom is -0.726 e. The molecule has 14 nitrogen and oxygen atoms in total. The molecule has 0 aromatic carbocycles. The number of rotatable bonds is 46. The van der Waals surface area contributed by atoms with E-state index in [1.807, 2.05) is 0 Å². The molecule has 0 spiro atoms. The Bertz CT molecular complexity index is 747. The fourth-order valence-corrected chi connectivity index (χ4v) is 4.95. The van der Waals surface area contributed by atoms with Gasteiger partial charge in [-0.25, -0.2) is 8.42 Å². The lowest BCUT2D eigenvalue weighted by Gasteiger charge is -2.09. The van der Waals surface area contributed by atoms with Gasteiger partial charge in [-0.1, -0.05) is 90.4 Å². The second-order valence-electron chi connectivity index (χ2n) is 12.0. The molecule has 15 heteroatoms. The predicted octanol–water partition coefficient (Wildman–Crippen LogP) is 5.11. The van der Waals surface area contributed by atoms with Crippen molar-refractivity contribution in [1.82, 2.24) is 0 Å². The molecule has 0 heterocycles. The molecule has 0 saturated heterocycles. The van der Waals surface area contributed by atoms with Crippen LogP contribution in [0.1, 0.15) is 96.8 Å². The molecule has 0 aromatic rings. The lowest BCUT2D eigenvalue weighted by Crippen LogP contribution is -2.15. The molecule has 0 aromatic heterocycles. The maximum atomic E-state index is 10.2. The van der Waals surface area contributed by atoms with Gasteiger partial charge in [0.1, 0.15) is 0 Å². The van der Waals surface area contributed by atoms with Gasteiger partial charge in [-0.2, -0.15) is 0 Å². The Hall–Kier alpha value is -0.530. The lowest BCUT2D eigenvalue weighted by atomic mass is 10.0. The van der Waals surface area contributed by atoms with E-state index in [-0.39, 0.29) is 19.8 Å². The molecule has 0 unspecified atom stereocenters. The third kappa shape index (κ3) is 49.5. The van der Waals surface area contributed by atoms with Crippen LogP contribution in [0.4, 0.5) is 0 Å². The van der Waals surface area contributed by atoms with Crippen LogP contribution in [0.5, 0.6) is 0 Å². The summed E-state index contributed by atoms with van der Waals surface area (Å²) in [6, 6.07) is 0. The van der Waals surface area contributed by atoms with E-state index in [1.165, 1.54) is 83.5 Å². The smallest absolute Gasteiger partial charge is 0.217 e. The highest BCUT2D eigenvalue weighted by Gasteiger charge is 1.98. The number of hydrogen-bond acceptors (Lipinski definition) is 14. The molecule has 0 N–H and O–H groups in total. The van der Waals surface area contributed by atoms with Crippen molar-refractivity contribution in [2.24, 2.45) is 0 Å². The molecule has 0 fully saturated rings. The molecule has 308 valence electrons. The van der Waals surface area contributed by atoms with Gasteiger partial charge in [0.25, 0.3) is 0 Å². The molecule has 51 heavy (non-hydrogen) atoms. The summed E-state index contributed by atoms with van der Waals surface area (Å²) in [4.78, 5) is 0. The third-order valence-electron chi connectivity index (χ3n) is 7.45. The summed E-state index contributed by atoms with van der Waals surface area (Å²) in [7, 11) is -4.67. The fraction of sp³-hybridized carbons (Fsp3) is 1.00. The first-order chi connectivity index (χ1) is 25.1. The Labute approximate surface area is 310 Å².